The molecule has 1 amide bonds. The minimum atomic E-state index is -1.02. The molecule has 0 radical (unpaired) electrons. The van der Waals surface area contributed by atoms with Gasteiger partial charge in [-0.2, -0.15) is 0 Å². The summed E-state index contributed by atoms with van der Waals surface area (Å²) in [6.45, 7) is 6.66. The standard InChI is InChI=1S/C21H22N2O6/c1-12-8-14(3)18(9-13(12)2)20(25)15(4)29-19(24)11-22-21(26)16-6-5-7-17(10-16)23(27)28/h5-10,15H,11H2,1-4H3,(H,22,26)/t15-/m1/s1. The Balaban J connectivity index is 1.96. The van der Waals surface area contributed by atoms with Gasteiger partial charge in [-0.3, -0.25) is 24.5 Å². The summed E-state index contributed by atoms with van der Waals surface area (Å²) in [4.78, 5) is 46.8. The molecular weight excluding hydrogens is 376 g/mol. The van der Waals surface area contributed by atoms with Crippen LogP contribution in [0.2, 0.25) is 0 Å². The van der Waals surface area contributed by atoms with E-state index < -0.39 is 29.4 Å². The van der Waals surface area contributed by atoms with Crippen molar-refractivity contribution < 1.29 is 24.0 Å². The summed E-state index contributed by atoms with van der Waals surface area (Å²) in [6.07, 6.45) is -1.02. The molecule has 0 heterocycles. The third-order valence-electron chi connectivity index (χ3n) is 4.50. The topological polar surface area (TPSA) is 116 Å². The zero-order valence-corrected chi connectivity index (χ0v) is 16.6. The van der Waals surface area contributed by atoms with E-state index in [1.807, 2.05) is 26.8 Å². The quantitative estimate of drug-likeness (QED) is 0.332. The van der Waals surface area contributed by atoms with Crippen LogP contribution in [0.1, 0.15) is 44.3 Å². The summed E-state index contributed by atoms with van der Waals surface area (Å²) >= 11 is 0. The van der Waals surface area contributed by atoms with Crippen LogP contribution in [0.15, 0.2) is 36.4 Å². The zero-order chi connectivity index (χ0) is 21.7. The molecule has 0 bridgehead atoms. The number of ether oxygens (including phenoxy) is 1. The van der Waals surface area contributed by atoms with E-state index in [2.05, 4.69) is 5.32 Å². The number of ketones is 1. The van der Waals surface area contributed by atoms with E-state index in [9.17, 15) is 24.5 Å². The number of benzene rings is 2. The number of hydrogen-bond acceptors (Lipinski definition) is 6. The minimum absolute atomic E-state index is 0.0434. The average Bonchev–Trinajstić information content (AvgIpc) is 2.68. The van der Waals surface area contributed by atoms with Crippen molar-refractivity contribution in [3.63, 3.8) is 0 Å². The summed E-state index contributed by atoms with van der Waals surface area (Å²) < 4.78 is 5.13. The third-order valence-corrected chi connectivity index (χ3v) is 4.50. The van der Waals surface area contributed by atoms with E-state index in [-0.39, 0.29) is 17.0 Å². The van der Waals surface area contributed by atoms with Crippen LogP contribution >= 0.6 is 0 Å². The van der Waals surface area contributed by atoms with Gasteiger partial charge >= 0.3 is 5.97 Å². The molecule has 0 unspecified atom stereocenters. The monoisotopic (exact) mass is 398 g/mol. The number of nitro groups is 1. The van der Waals surface area contributed by atoms with Gasteiger partial charge in [-0.15, -0.1) is 0 Å². The largest absolute Gasteiger partial charge is 0.453 e. The highest BCUT2D eigenvalue weighted by molar-refractivity contribution is 6.02. The van der Waals surface area contributed by atoms with Gasteiger partial charge in [-0.25, -0.2) is 0 Å². The Morgan fingerprint density at radius 3 is 2.38 bits per heavy atom. The lowest BCUT2D eigenvalue weighted by Gasteiger charge is -2.15. The van der Waals surface area contributed by atoms with E-state index in [1.165, 1.54) is 25.1 Å². The molecule has 0 aliphatic carbocycles. The Morgan fingerprint density at radius 1 is 1.07 bits per heavy atom. The number of nitrogens with one attached hydrogen (secondary N) is 1. The fraction of sp³-hybridized carbons (Fsp3) is 0.286. The normalized spacial score (nSPS) is 11.4. The number of carbonyl (C=O) groups excluding carboxylic acids is 3. The maximum atomic E-state index is 12.6. The lowest BCUT2D eigenvalue weighted by Crippen LogP contribution is -2.34. The summed E-state index contributed by atoms with van der Waals surface area (Å²) in [7, 11) is 0. The molecule has 8 nitrogen and oxygen atoms in total. The summed E-state index contributed by atoms with van der Waals surface area (Å²) in [6, 6.07) is 8.79. The number of rotatable bonds is 7. The van der Waals surface area contributed by atoms with Gasteiger partial charge in [-0.1, -0.05) is 12.1 Å². The number of aryl methyl sites for hydroxylation is 3. The average molecular weight is 398 g/mol. The Hall–Kier alpha value is -3.55. The van der Waals surface area contributed by atoms with Gasteiger partial charge in [0, 0.05) is 23.3 Å². The van der Waals surface area contributed by atoms with Crippen LogP contribution < -0.4 is 5.32 Å². The van der Waals surface area contributed by atoms with Crippen molar-refractivity contribution in [2.75, 3.05) is 6.54 Å². The lowest BCUT2D eigenvalue weighted by molar-refractivity contribution is -0.384. The highest BCUT2D eigenvalue weighted by atomic mass is 16.6. The van der Waals surface area contributed by atoms with Gasteiger partial charge in [0.1, 0.15) is 6.54 Å². The molecule has 0 spiro atoms. The van der Waals surface area contributed by atoms with Gasteiger partial charge in [0.2, 0.25) is 5.78 Å². The fourth-order valence-corrected chi connectivity index (χ4v) is 2.75. The first-order valence-electron chi connectivity index (χ1n) is 8.94. The molecule has 29 heavy (non-hydrogen) atoms. The maximum absolute atomic E-state index is 12.6. The molecule has 0 aliphatic rings. The van der Waals surface area contributed by atoms with E-state index in [0.717, 1.165) is 22.8 Å². The van der Waals surface area contributed by atoms with Gasteiger partial charge in [-0.05, 0) is 56.5 Å². The summed E-state index contributed by atoms with van der Waals surface area (Å²) in [5.41, 5.74) is 3.10. The Morgan fingerprint density at radius 2 is 1.72 bits per heavy atom. The highest BCUT2D eigenvalue weighted by Gasteiger charge is 2.22. The van der Waals surface area contributed by atoms with Crippen LogP contribution in [0.3, 0.4) is 0 Å². The van der Waals surface area contributed by atoms with Gasteiger partial charge in [0.25, 0.3) is 11.6 Å². The molecular formula is C21H22N2O6. The number of esters is 1. The molecule has 1 atom stereocenters. The molecule has 2 rings (SSSR count). The molecule has 1 N–H and O–H groups in total. The van der Waals surface area contributed by atoms with Crippen LogP contribution in [0.25, 0.3) is 0 Å². The number of hydrogen-bond donors (Lipinski definition) is 1. The van der Waals surface area contributed by atoms with Crippen molar-refractivity contribution >= 4 is 23.3 Å². The number of non-ortho nitro benzene ring substituents is 1. The summed E-state index contributed by atoms with van der Waals surface area (Å²) in [5, 5.41) is 13.1. The van der Waals surface area contributed by atoms with E-state index in [1.54, 1.807) is 6.07 Å². The number of nitro benzene ring substituents is 1. The zero-order valence-electron chi connectivity index (χ0n) is 16.6. The molecule has 0 aromatic heterocycles. The van der Waals surface area contributed by atoms with E-state index in [0.29, 0.717) is 5.56 Å². The van der Waals surface area contributed by atoms with Crippen molar-refractivity contribution in [2.45, 2.75) is 33.8 Å². The van der Waals surface area contributed by atoms with Gasteiger partial charge in [0.15, 0.2) is 6.10 Å². The van der Waals surface area contributed by atoms with Crippen LogP contribution in [0, 0.1) is 30.9 Å². The van der Waals surface area contributed by atoms with Crippen molar-refractivity contribution in [2.24, 2.45) is 0 Å². The molecule has 2 aromatic rings. The van der Waals surface area contributed by atoms with E-state index >= 15 is 0 Å². The molecule has 8 heteroatoms. The molecule has 0 fully saturated rings. The van der Waals surface area contributed by atoms with E-state index in [4.69, 9.17) is 4.74 Å². The smallest absolute Gasteiger partial charge is 0.326 e. The minimum Gasteiger partial charge on any atom is -0.453 e. The highest BCUT2D eigenvalue weighted by Crippen LogP contribution is 2.18. The molecule has 152 valence electrons. The van der Waals surface area contributed by atoms with Crippen LogP contribution in [0.4, 0.5) is 5.69 Å². The van der Waals surface area contributed by atoms with Crippen LogP contribution in [-0.2, 0) is 9.53 Å². The molecule has 0 aliphatic heterocycles. The first-order valence-corrected chi connectivity index (χ1v) is 8.94. The van der Waals surface area contributed by atoms with Crippen molar-refractivity contribution in [1.82, 2.24) is 5.32 Å². The van der Waals surface area contributed by atoms with Crippen LogP contribution in [0.5, 0.6) is 0 Å². The molecule has 2 aromatic carbocycles. The third kappa shape index (κ3) is 5.47. The number of Topliss-reactive ketones (excluding diaryl/α,β-unsaturated/α-hetero) is 1. The molecule has 0 saturated carbocycles. The second-order valence-corrected chi connectivity index (χ2v) is 6.74. The van der Waals surface area contributed by atoms with Crippen molar-refractivity contribution in [3.05, 3.63) is 74.3 Å². The van der Waals surface area contributed by atoms with Crippen molar-refractivity contribution in [3.8, 4) is 0 Å². The number of amides is 1. The Kier molecular flexibility index (Phi) is 6.82. The summed E-state index contributed by atoms with van der Waals surface area (Å²) in [5.74, 6) is -1.77. The Bertz CT molecular complexity index is 983. The van der Waals surface area contributed by atoms with Crippen LogP contribution in [-0.4, -0.2) is 35.2 Å². The Labute approximate surface area is 168 Å². The second kappa shape index (κ2) is 9.09. The molecule has 0 saturated heterocycles. The number of nitrogens with zero attached hydrogens (tertiary/aromatic N) is 1. The predicted molar refractivity (Wildman–Crippen MR) is 106 cm³/mol. The van der Waals surface area contributed by atoms with Crippen molar-refractivity contribution in [1.29, 1.82) is 0 Å². The van der Waals surface area contributed by atoms with Gasteiger partial charge in [0.05, 0.1) is 4.92 Å². The van der Waals surface area contributed by atoms with Gasteiger partial charge < -0.3 is 10.1 Å². The fourth-order valence-electron chi connectivity index (χ4n) is 2.75. The number of carbonyl (C=O) groups is 3. The second-order valence-electron chi connectivity index (χ2n) is 6.74. The predicted octanol–water partition coefficient (Wildman–Crippen LogP) is 3.06. The first-order chi connectivity index (χ1) is 13.6. The SMILES string of the molecule is Cc1cc(C)c(C(=O)[C@@H](C)OC(=O)CNC(=O)c2cccc([N+](=O)[O-])c2)cc1C. The lowest BCUT2D eigenvalue weighted by atomic mass is 9.96. The maximum Gasteiger partial charge on any atom is 0.326 e. The first kappa shape index (κ1) is 21.7.